The van der Waals surface area contributed by atoms with Crippen LogP contribution in [0.25, 0.3) is 0 Å². The van der Waals surface area contributed by atoms with Crippen LogP contribution in [0.4, 0.5) is 0 Å². The zero-order valence-corrected chi connectivity index (χ0v) is 31.5. The van der Waals surface area contributed by atoms with E-state index in [-0.39, 0.29) is 28.9 Å². The molecule has 1 aromatic carbocycles. The first-order valence-corrected chi connectivity index (χ1v) is 17.9. The van der Waals surface area contributed by atoms with Crippen molar-refractivity contribution in [2.75, 3.05) is 0 Å². The quantitative estimate of drug-likeness (QED) is 0.0668. The van der Waals surface area contributed by atoms with Gasteiger partial charge in [0.15, 0.2) is 22.8 Å². The predicted molar refractivity (Wildman–Crippen MR) is 190 cm³/mol. The molecule has 10 atom stereocenters. The molecule has 1 aromatic heterocycles. The molecule has 2 fully saturated rings. The van der Waals surface area contributed by atoms with Crippen LogP contribution in [0.5, 0.6) is 0 Å². The van der Waals surface area contributed by atoms with Crippen molar-refractivity contribution in [1.82, 2.24) is 14.8 Å². The van der Waals surface area contributed by atoms with Crippen LogP contribution in [0.1, 0.15) is 77.8 Å². The van der Waals surface area contributed by atoms with Crippen molar-refractivity contribution in [1.29, 1.82) is 0 Å². The van der Waals surface area contributed by atoms with Gasteiger partial charge in [0.2, 0.25) is 17.0 Å². The Labute approximate surface area is 312 Å². The predicted octanol–water partition coefficient (Wildman–Crippen LogP) is 3.96. The van der Waals surface area contributed by atoms with E-state index in [1.807, 2.05) is 51.1 Å². The van der Waals surface area contributed by atoms with Gasteiger partial charge in [-0.25, -0.2) is 14.4 Å². The van der Waals surface area contributed by atoms with Crippen molar-refractivity contribution in [3.05, 3.63) is 70.8 Å². The summed E-state index contributed by atoms with van der Waals surface area (Å²) in [4.78, 5) is 52.0. The first-order chi connectivity index (χ1) is 24.8. The molecule has 5 N–H and O–H groups in total. The molecule has 53 heavy (non-hydrogen) atoms. The van der Waals surface area contributed by atoms with Crippen molar-refractivity contribution in [3.8, 4) is 0 Å². The van der Waals surface area contributed by atoms with E-state index in [4.69, 9.17) is 31.2 Å². The molecule has 2 aliphatic rings. The summed E-state index contributed by atoms with van der Waals surface area (Å²) in [6.07, 6.45) is -3.32. The number of nitrogens with zero attached hydrogens (tertiary/aromatic N) is 2. The smallest absolute Gasteiger partial charge is 0.344 e. The van der Waals surface area contributed by atoms with Gasteiger partial charge in [-0.05, 0) is 54.5 Å². The fourth-order valence-electron chi connectivity index (χ4n) is 7.19. The molecule has 15 nitrogen and oxygen atoms in total. The van der Waals surface area contributed by atoms with E-state index < -0.39 is 71.7 Å². The second-order valence-corrected chi connectivity index (χ2v) is 14.6. The zero-order valence-electron chi connectivity index (χ0n) is 30.7. The standard InChI is InChI=1S/C37H49N3O12S/c1-8-20(2)18-21(3)14-15-26(42)50-29-28(43)35(17-16-22(4)27(49-24(6)41)23(5)19-25-12-10-9-11-13-25)51-30(31-38-39-34(53)40(31)7)36(48,32(44)45)37(29,52-35)33(46)47/h9-15,20-21,23,27-30,43,48H,4,8,16-19H2,1-3,5-7H3,(H,39,53)(H,44,45)(H,46,47)/b15-14+/t20-,21+,23+,27+,28+,29+,30+,35+,36+,37+/m0/s1. The normalized spacial score (nSPS) is 28.9. The maximum atomic E-state index is 13.4. The van der Waals surface area contributed by atoms with Crippen LogP contribution in [-0.4, -0.2) is 94.4 Å². The topological polar surface area (TPSA) is 220 Å². The fourth-order valence-corrected chi connectivity index (χ4v) is 7.33. The van der Waals surface area contributed by atoms with Gasteiger partial charge in [0.25, 0.3) is 0 Å². The van der Waals surface area contributed by atoms with E-state index in [9.17, 15) is 39.6 Å². The summed E-state index contributed by atoms with van der Waals surface area (Å²) in [5.74, 6) is -8.71. The Morgan fingerprint density at radius 1 is 1.15 bits per heavy atom. The van der Waals surface area contributed by atoms with Gasteiger partial charge in [0, 0.05) is 32.4 Å². The van der Waals surface area contributed by atoms with Gasteiger partial charge < -0.3 is 43.9 Å². The lowest BCUT2D eigenvalue weighted by Gasteiger charge is -2.49. The van der Waals surface area contributed by atoms with E-state index in [1.54, 1.807) is 6.08 Å². The lowest BCUT2D eigenvalue weighted by Crippen LogP contribution is -2.74. The Morgan fingerprint density at radius 2 is 1.81 bits per heavy atom. The summed E-state index contributed by atoms with van der Waals surface area (Å²) in [6, 6.07) is 9.46. The number of rotatable bonds is 17. The monoisotopic (exact) mass is 759 g/mol. The van der Waals surface area contributed by atoms with Crippen LogP contribution in [0, 0.1) is 22.5 Å². The number of hydrogen-bond donors (Lipinski definition) is 5. The number of fused-ring (bicyclic) bond motifs is 2. The minimum Gasteiger partial charge on any atom is -0.479 e. The van der Waals surface area contributed by atoms with Crippen LogP contribution in [-0.2, 0) is 51.6 Å². The van der Waals surface area contributed by atoms with Crippen LogP contribution in [0.15, 0.2) is 54.6 Å². The lowest BCUT2D eigenvalue weighted by atomic mass is 9.74. The number of carbonyl (C=O) groups excluding carboxylic acids is 2. The Hall–Kier alpha value is -4.22. The molecule has 290 valence electrons. The average Bonchev–Trinajstić information content (AvgIpc) is 3.54. The minimum absolute atomic E-state index is 0.0289. The summed E-state index contributed by atoms with van der Waals surface area (Å²) in [5.41, 5.74) is -5.60. The molecule has 4 rings (SSSR count). The summed E-state index contributed by atoms with van der Waals surface area (Å²) in [5, 5.41) is 52.0. The highest BCUT2D eigenvalue weighted by Gasteiger charge is 2.85. The number of benzene rings is 1. The Kier molecular flexibility index (Phi) is 12.9. The summed E-state index contributed by atoms with van der Waals surface area (Å²) < 4.78 is 24.5. The number of carbonyl (C=O) groups is 4. The van der Waals surface area contributed by atoms with Crippen molar-refractivity contribution < 1.29 is 58.6 Å². The first-order valence-electron chi connectivity index (χ1n) is 17.5. The third kappa shape index (κ3) is 8.01. The van der Waals surface area contributed by atoms with Gasteiger partial charge in [0.05, 0.1) is 0 Å². The summed E-state index contributed by atoms with van der Waals surface area (Å²) in [6.45, 7) is 13.2. The Balaban J connectivity index is 1.78. The number of H-pyrrole nitrogens is 1. The molecule has 0 unspecified atom stereocenters. The zero-order chi connectivity index (χ0) is 39.5. The molecule has 16 heteroatoms. The first kappa shape index (κ1) is 41.5. The molecule has 2 aliphatic heterocycles. The van der Waals surface area contributed by atoms with E-state index in [0.717, 1.165) is 29.0 Å². The number of carboxylic acid groups (broad SMARTS) is 2. The SMILES string of the molecule is C=C(CC[C@@]12O[C@H](c3n[nH]c(=S)n3C)[C@@](O)(C(=O)O)[C@@](C(=O)O)(O1)[C@H](OC(=O)/C=C/[C@@H](C)C[C@@H](C)CC)[C@H]2O)[C@@H](OC(C)=O)[C@H](C)Cc1ccccc1. The van der Waals surface area contributed by atoms with Gasteiger partial charge in [-0.15, -0.1) is 0 Å². The number of aliphatic carboxylic acids is 2. The number of esters is 2. The molecule has 0 spiro atoms. The van der Waals surface area contributed by atoms with Gasteiger partial charge in [-0.1, -0.05) is 77.1 Å². The number of ether oxygens (including phenoxy) is 4. The highest BCUT2D eigenvalue weighted by Crippen LogP contribution is 2.59. The molecule has 2 saturated heterocycles. The number of nitrogens with one attached hydrogen (secondary N) is 1. The van der Waals surface area contributed by atoms with E-state index in [2.05, 4.69) is 23.7 Å². The van der Waals surface area contributed by atoms with Gasteiger partial charge in [-0.3, -0.25) is 9.89 Å². The Bertz CT molecular complexity index is 1780. The van der Waals surface area contributed by atoms with E-state index in [0.29, 0.717) is 17.9 Å². The number of aromatic nitrogens is 3. The highest BCUT2D eigenvalue weighted by molar-refractivity contribution is 7.71. The van der Waals surface area contributed by atoms with Crippen molar-refractivity contribution in [2.24, 2.45) is 24.8 Å². The maximum Gasteiger partial charge on any atom is 0.344 e. The molecule has 0 radical (unpaired) electrons. The third-order valence-electron chi connectivity index (χ3n) is 10.2. The molecular formula is C37H49N3O12S. The summed E-state index contributed by atoms with van der Waals surface area (Å²) >= 11 is 5.21. The molecule has 0 aliphatic carbocycles. The molecule has 2 bridgehead atoms. The fraction of sp³-hybridized carbons (Fsp3) is 0.568. The molecule has 2 aromatic rings. The average molecular weight is 760 g/mol. The number of aliphatic hydroxyl groups excluding tert-OH is 1. The number of hydrogen-bond acceptors (Lipinski definition) is 12. The number of aliphatic hydroxyl groups is 2. The number of carboxylic acids is 2. The highest BCUT2D eigenvalue weighted by atomic mass is 32.1. The van der Waals surface area contributed by atoms with Gasteiger partial charge in [-0.2, -0.15) is 5.10 Å². The Morgan fingerprint density at radius 3 is 2.36 bits per heavy atom. The number of allylic oxidation sites excluding steroid dienone is 1. The van der Waals surface area contributed by atoms with Crippen LogP contribution < -0.4 is 0 Å². The van der Waals surface area contributed by atoms with Crippen LogP contribution >= 0.6 is 12.2 Å². The van der Waals surface area contributed by atoms with E-state index in [1.165, 1.54) is 14.0 Å². The summed E-state index contributed by atoms with van der Waals surface area (Å²) in [7, 11) is 1.38. The molecular weight excluding hydrogens is 710 g/mol. The van der Waals surface area contributed by atoms with Crippen LogP contribution in [0.3, 0.4) is 0 Å². The second-order valence-electron chi connectivity index (χ2n) is 14.2. The third-order valence-corrected chi connectivity index (χ3v) is 10.6. The molecule has 0 amide bonds. The number of aromatic amines is 1. The second kappa shape index (κ2) is 16.4. The molecule has 0 saturated carbocycles. The molecule has 3 heterocycles. The largest absolute Gasteiger partial charge is 0.479 e. The maximum absolute atomic E-state index is 13.4. The van der Waals surface area contributed by atoms with Crippen molar-refractivity contribution in [2.45, 2.75) is 108 Å². The lowest BCUT2D eigenvalue weighted by molar-refractivity contribution is -0.384. The van der Waals surface area contributed by atoms with E-state index >= 15 is 0 Å². The van der Waals surface area contributed by atoms with Gasteiger partial charge >= 0.3 is 23.9 Å². The van der Waals surface area contributed by atoms with Crippen LogP contribution in [0.2, 0.25) is 0 Å². The van der Waals surface area contributed by atoms with Gasteiger partial charge in [0.1, 0.15) is 12.2 Å². The minimum atomic E-state index is -3.56. The van der Waals surface area contributed by atoms with Crippen molar-refractivity contribution in [3.63, 3.8) is 0 Å². The van der Waals surface area contributed by atoms with Crippen molar-refractivity contribution >= 4 is 36.1 Å².